The first kappa shape index (κ1) is 13.4. The van der Waals surface area contributed by atoms with Gasteiger partial charge in [-0.25, -0.2) is 4.98 Å². The lowest BCUT2D eigenvalue weighted by Gasteiger charge is -1.98. The molecule has 0 amide bonds. The number of rotatable bonds is 5. The molecule has 5 heteroatoms. The van der Waals surface area contributed by atoms with Crippen molar-refractivity contribution in [3.63, 3.8) is 0 Å². The first-order chi connectivity index (χ1) is 9.78. The van der Waals surface area contributed by atoms with E-state index in [-0.39, 0.29) is 0 Å². The maximum atomic E-state index is 4.57. The van der Waals surface area contributed by atoms with Crippen LogP contribution in [0.1, 0.15) is 31.7 Å². The maximum Gasteiger partial charge on any atom is 0.211 e. The van der Waals surface area contributed by atoms with Gasteiger partial charge in [-0.15, -0.1) is 10.2 Å². The van der Waals surface area contributed by atoms with Gasteiger partial charge in [0.1, 0.15) is 5.52 Å². The van der Waals surface area contributed by atoms with Gasteiger partial charge in [-0.1, -0.05) is 43.2 Å². The lowest BCUT2D eigenvalue weighted by Crippen LogP contribution is -1.92. The predicted molar refractivity (Wildman–Crippen MR) is 84.2 cm³/mol. The minimum Gasteiger partial charge on any atom is -0.338 e. The Bertz CT molecular complexity index is 735. The molecule has 0 bridgehead atoms. The number of aryl methyl sites for hydroxylation is 1. The summed E-state index contributed by atoms with van der Waals surface area (Å²) in [6.07, 6.45) is 3.70. The summed E-state index contributed by atoms with van der Waals surface area (Å²) in [6, 6.07) is 6.28. The van der Waals surface area contributed by atoms with Crippen LogP contribution in [0.25, 0.3) is 22.1 Å². The average Bonchev–Trinajstić information content (AvgIpc) is 2.81. The number of hydrogen-bond donors (Lipinski definition) is 1. The summed E-state index contributed by atoms with van der Waals surface area (Å²) in [5.41, 5.74) is 3.99. The summed E-state index contributed by atoms with van der Waals surface area (Å²) < 4.78 is 0. The average molecular weight is 286 g/mol. The molecule has 4 nitrogen and oxygen atoms in total. The van der Waals surface area contributed by atoms with E-state index < -0.39 is 0 Å². The molecule has 1 aromatic carbocycles. The van der Waals surface area contributed by atoms with Crippen LogP contribution >= 0.6 is 11.8 Å². The second-order valence-electron chi connectivity index (χ2n) is 5.02. The summed E-state index contributed by atoms with van der Waals surface area (Å²) in [5, 5.41) is 10.4. The molecule has 0 atom stereocenters. The maximum absolute atomic E-state index is 4.57. The highest BCUT2D eigenvalue weighted by molar-refractivity contribution is 7.99. The number of H-pyrrole nitrogens is 1. The first-order valence-electron chi connectivity index (χ1n) is 7.03. The summed E-state index contributed by atoms with van der Waals surface area (Å²) in [5.74, 6) is 1.06. The standard InChI is InChI=1S/C15H18N4S/c1-3-4-5-8-20-15-17-14-13(18-19-15)11-9-10(2)6-7-12(11)16-14/h6-7,9H,3-5,8H2,1-2H3,(H,16,17,19). The molecule has 0 radical (unpaired) electrons. The number of thioether (sulfide) groups is 1. The van der Waals surface area contributed by atoms with Crippen LogP contribution in [0.3, 0.4) is 0 Å². The van der Waals surface area contributed by atoms with Gasteiger partial charge in [-0.3, -0.25) is 0 Å². The van der Waals surface area contributed by atoms with Crippen LogP contribution in [0, 0.1) is 6.92 Å². The SMILES string of the molecule is CCCCCSc1nnc2c(n1)[nH]c1ccc(C)cc12. The largest absolute Gasteiger partial charge is 0.338 e. The Labute approximate surface area is 122 Å². The van der Waals surface area contributed by atoms with E-state index in [1.165, 1.54) is 24.8 Å². The second-order valence-corrected chi connectivity index (χ2v) is 6.08. The third kappa shape index (κ3) is 2.63. The van der Waals surface area contributed by atoms with Crippen LogP contribution in [-0.2, 0) is 0 Å². The fourth-order valence-electron chi connectivity index (χ4n) is 2.25. The van der Waals surface area contributed by atoms with Crippen LogP contribution in [0.4, 0.5) is 0 Å². The van der Waals surface area contributed by atoms with Gasteiger partial charge < -0.3 is 4.98 Å². The van der Waals surface area contributed by atoms with Gasteiger partial charge in [0.2, 0.25) is 5.16 Å². The smallest absolute Gasteiger partial charge is 0.211 e. The van der Waals surface area contributed by atoms with Gasteiger partial charge in [-0.2, -0.15) is 0 Å². The number of benzene rings is 1. The highest BCUT2D eigenvalue weighted by atomic mass is 32.2. The molecule has 3 rings (SSSR count). The summed E-state index contributed by atoms with van der Waals surface area (Å²) in [6.45, 7) is 4.29. The molecule has 0 fully saturated rings. The van der Waals surface area contributed by atoms with Crippen LogP contribution in [-0.4, -0.2) is 25.9 Å². The van der Waals surface area contributed by atoms with Crippen molar-refractivity contribution in [3.8, 4) is 0 Å². The Morgan fingerprint density at radius 2 is 2.10 bits per heavy atom. The minimum atomic E-state index is 0.761. The molecule has 0 saturated heterocycles. The van der Waals surface area contributed by atoms with Gasteiger partial charge in [0, 0.05) is 16.7 Å². The molecule has 2 aromatic heterocycles. The number of unbranched alkanes of at least 4 members (excludes halogenated alkanes) is 2. The van der Waals surface area contributed by atoms with Gasteiger partial charge in [0.15, 0.2) is 5.65 Å². The molecule has 0 aliphatic carbocycles. The molecule has 20 heavy (non-hydrogen) atoms. The van der Waals surface area contributed by atoms with E-state index in [2.05, 4.69) is 52.2 Å². The summed E-state index contributed by atoms with van der Waals surface area (Å²) in [7, 11) is 0. The molecular formula is C15H18N4S. The zero-order valence-corrected chi connectivity index (χ0v) is 12.6. The quantitative estimate of drug-likeness (QED) is 0.567. The van der Waals surface area contributed by atoms with Gasteiger partial charge in [-0.05, 0) is 25.5 Å². The van der Waals surface area contributed by atoms with E-state index in [1.807, 2.05) is 0 Å². The van der Waals surface area contributed by atoms with Crippen LogP contribution in [0.2, 0.25) is 0 Å². The van der Waals surface area contributed by atoms with E-state index in [9.17, 15) is 0 Å². The normalized spacial score (nSPS) is 11.5. The molecule has 2 heterocycles. The van der Waals surface area contributed by atoms with Crippen molar-refractivity contribution >= 4 is 33.8 Å². The highest BCUT2D eigenvalue weighted by Gasteiger charge is 2.09. The Morgan fingerprint density at radius 1 is 1.20 bits per heavy atom. The lowest BCUT2D eigenvalue weighted by molar-refractivity contribution is 0.776. The van der Waals surface area contributed by atoms with Gasteiger partial charge in [0.05, 0.1) is 0 Å². The summed E-state index contributed by atoms with van der Waals surface area (Å²) >= 11 is 1.68. The molecule has 0 saturated carbocycles. The van der Waals surface area contributed by atoms with Crippen molar-refractivity contribution < 1.29 is 0 Å². The number of nitrogens with zero attached hydrogens (tertiary/aromatic N) is 3. The van der Waals surface area contributed by atoms with Gasteiger partial charge in [0.25, 0.3) is 0 Å². The topological polar surface area (TPSA) is 54.5 Å². The third-order valence-corrected chi connectivity index (χ3v) is 4.25. The van der Waals surface area contributed by atoms with Crippen molar-refractivity contribution in [1.82, 2.24) is 20.2 Å². The van der Waals surface area contributed by atoms with E-state index in [0.29, 0.717) is 0 Å². The Kier molecular flexibility index (Phi) is 3.87. The minimum absolute atomic E-state index is 0.761. The van der Waals surface area contributed by atoms with E-state index >= 15 is 0 Å². The fraction of sp³-hybridized carbons (Fsp3) is 0.400. The van der Waals surface area contributed by atoms with E-state index in [0.717, 1.165) is 33.0 Å². The molecule has 0 spiro atoms. The van der Waals surface area contributed by atoms with Crippen LogP contribution < -0.4 is 0 Å². The van der Waals surface area contributed by atoms with E-state index in [4.69, 9.17) is 0 Å². The molecule has 1 N–H and O–H groups in total. The Hall–Kier alpha value is -1.62. The van der Waals surface area contributed by atoms with E-state index in [1.54, 1.807) is 11.8 Å². The van der Waals surface area contributed by atoms with Crippen LogP contribution in [0.15, 0.2) is 23.4 Å². The Morgan fingerprint density at radius 3 is 2.95 bits per heavy atom. The van der Waals surface area contributed by atoms with Crippen molar-refractivity contribution in [2.75, 3.05) is 5.75 Å². The van der Waals surface area contributed by atoms with Gasteiger partial charge >= 0.3 is 0 Å². The second kappa shape index (κ2) is 5.79. The number of fused-ring (bicyclic) bond motifs is 3. The van der Waals surface area contributed by atoms with Crippen molar-refractivity contribution in [2.24, 2.45) is 0 Å². The molecule has 0 unspecified atom stereocenters. The fourth-order valence-corrected chi connectivity index (χ4v) is 3.03. The molecule has 3 aromatic rings. The zero-order valence-electron chi connectivity index (χ0n) is 11.8. The molecule has 0 aliphatic rings. The number of aromatic amines is 1. The Balaban J connectivity index is 1.89. The monoisotopic (exact) mass is 286 g/mol. The van der Waals surface area contributed by atoms with Crippen molar-refractivity contribution in [3.05, 3.63) is 23.8 Å². The van der Waals surface area contributed by atoms with Crippen molar-refractivity contribution in [2.45, 2.75) is 38.3 Å². The molecule has 104 valence electrons. The highest BCUT2D eigenvalue weighted by Crippen LogP contribution is 2.24. The zero-order chi connectivity index (χ0) is 13.9. The molecular weight excluding hydrogens is 268 g/mol. The first-order valence-corrected chi connectivity index (χ1v) is 8.02. The summed E-state index contributed by atoms with van der Waals surface area (Å²) in [4.78, 5) is 7.89. The van der Waals surface area contributed by atoms with Crippen molar-refractivity contribution in [1.29, 1.82) is 0 Å². The number of aromatic nitrogens is 4. The molecule has 0 aliphatic heterocycles. The third-order valence-electron chi connectivity index (χ3n) is 3.33. The lowest BCUT2D eigenvalue weighted by atomic mass is 10.2. The number of nitrogens with one attached hydrogen (secondary N) is 1. The van der Waals surface area contributed by atoms with Crippen LogP contribution in [0.5, 0.6) is 0 Å². The predicted octanol–water partition coefficient (Wildman–Crippen LogP) is 4.10. The number of hydrogen-bond acceptors (Lipinski definition) is 4.